The van der Waals surface area contributed by atoms with Crippen LogP contribution in [0.1, 0.15) is 74.1 Å². The number of alkyl carbamates (subject to hydrolysis) is 1. The molecule has 44 heavy (non-hydrogen) atoms. The molecule has 1 aliphatic rings. The minimum absolute atomic E-state index is 0.224. The maximum absolute atomic E-state index is 12.9. The monoisotopic (exact) mass is 635 g/mol. The van der Waals surface area contributed by atoms with Crippen molar-refractivity contribution in [3.63, 3.8) is 0 Å². The van der Waals surface area contributed by atoms with Crippen LogP contribution in [-0.2, 0) is 28.6 Å². The summed E-state index contributed by atoms with van der Waals surface area (Å²) in [7, 11) is 2.90. The molecule has 0 saturated heterocycles. The van der Waals surface area contributed by atoms with E-state index in [9.17, 15) is 19.2 Å². The number of hydrogen-bond donors (Lipinski definition) is 3. The first-order valence-electron chi connectivity index (χ1n) is 14.7. The number of rotatable bonds is 14. The van der Waals surface area contributed by atoms with Crippen LogP contribution in [0.3, 0.4) is 0 Å². The highest BCUT2D eigenvalue weighted by Gasteiger charge is 2.32. The second kappa shape index (κ2) is 21.8. The van der Waals surface area contributed by atoms with Crippen LogP contribution in [0.5, 0.6) is 0 Å². The Labute approximate surface area is 267 Å². The molecule has 246 valence electrons. The van der Waals surface area contributed by atoms with Gasteiger partial charge in [0.15, 0.2) is 5.76 Å². The Morgan fingerprint density at radius 3 is 2.34 bits per heavy atom. The lowest BCUT2D eigenvalue weighted by Gasteiger charge is -2.29. The molecule has 3 unspecified atom stereocenters. The molecule has 1 aliphatic heterocycles. The van der Waals surface area contributed by atoms with E-state index in [0.29, 0.717) is 30.7 Å². The van der Waals surface area contributed by atoms with Crippen molar-refractivity contribution in [2.75, 3.05) is 14.2 Å². The highest BCUT2D eigenvalue weighted by molar-refractivity contribution is 6.29. The number of methoxy groups -OCH3 is 1. The molecule has 0 spiro atoms. The number of esters is 1. The van der Waals surface area contributed by atoms with Crippen LogP contribution in [0.25, 0.3) is 0 Å². The van der Waals surface area contributed by atoms with Crippen molar-refractivity contribution in [3.05, 3.63) is 71.2 Å². The Morgan fingerprint density at radius 2 is 1.77 bits per heavy atom. The van der Waals surface area contributed by atoms with Crippen LogP contribution >= 0.6 is 11.6 Å². The lowest BCUT2D eigenvalue weighted by atomic mass is 9.86. The first-order chi connectivity index (χ1) is 20.8. The topological polar surface area (TPSA) is 132 Å². The van der Waals surface area contributed by atoms with Gasteiger partial charge in [0, 0.05) is 43.8 Å². The molecule has 3 atom stereocenters. The molecule has 0 bridgehead atoms. The SMILES string of the molecule is CC.CNC(=O)OC(C/C=C\NC(=O)C(NC(=O)/C=C/C=C/C(C)=C/CC1CC=C(OC)C(=O)O1)C(C)(C)C)C/C=C(\C)Cl. The molecule has 1 heterocycles. The summed E-state index contributed by atoms with van der Waals surface area (Å²) in [6, 6.07) is -0.810. The van der Waals surface area contributed by atoms with Gasteiger partial charge in [-0.15, -0.1) is 0 Å². The standard InChI is InChI=1S/C31H44ClN3O7.C2H6/c1-21(14-16-24-18-19-25(40-7)29(38)41-24)11-8-9-13-26(36)35-27(31(3,4)5)28(37)34-20-10-12-23(17-15-22(2)32)42-30(39)33-6;1-2/h8-11,13-15,19-20,23-24,27H,12,16-18H2,1-7H3,(H,33,39)(H,34,37)(H,35,36);1-2H3/b11-8+,13-9+,20-10-,21-14+,22-15+;. The first-order valence-corrected chi connectivity index (χ1v) is 15.1. The lowest BCUT2D eigenvalue weighted by molar-refractivity contribution is -0.149. The second-order valence-electron chi connectivity index (χ2n) is 10.7. The molecule has 0 fully saturated rings. The molecular formula is C33H50ClN3O7. The summed E-state index contributed by atoms with van der Waals surface area (Å²) in [4.78, 5) is 48.8. The number of ether oxygens (including phenoxy) is 3. The van der Waals surface area contributed by atoms with Crippen LogP contribution in [0, 0.1) is 5.41 Å². The first kappa shape index (κ1) is 40.2. The van der Waals surface area contributed by atoms with Gasteiger partial charge in [-0.25, -0.2) is 9.59 Å². The van der Waals surface area contributed by atoms with Gasteiger partial charge in [0.05, 0.1) is 7.11 Å². The van der Waals surface area contributed by atoms with Gasteiger partial charge >= 0.3 is 12.1 Å². The zero-order chi connectivity index (χ0) is 33.7. The summed E-state index contributed by atoms with van der Waals surface area (Å²) < 4.78 is 15.6. The Morgan fingerprint density at radius 1 is 1.11 bits per heavy atom. The predicted molar refractivity (Wildman–Crippen MR) is 174 cm³/mol. The fourth-order valence-corrected chi connectivity index (χ4v) is 3.72. The van der Waals surface area contributed by atoms with E-state index in [-0.39, 0.29) is 17.8 Å². The largest absolute Gasteiger partial charge is 0.490 e. The van der Waals surface area contributed by atoms with E-state index >= 15 is 0 Å². The average molecular weight is 636 g/mol. The molecule has 0 radical (unpaired) electrons. The van der Waals surface area contributed by atoms with E-state index in [0.717, 1.165) is 5.57 Å². The van der Waals surface area contributed by atoms with E-state index in [1.165, 1.54) is 26.4 Å². The Kier molecular flexibility index (Phi) is 19.9. The van der Waals surface area contributed by atoms with Gasteiger partial charge in [0.2, 0.25) is 11.8 Å². The number of halogens is 1. The minimum atomic E-state index is -0.810. The quantitative estimate of drug-likeness (QED) is 0.119. The van der Waals surface area contributed by atoms with Crippen LogP contribution in [0.2, 0.25) is 0 Å². The smallest absolute Gasteiger partial charge is 0.407 e. The fraction of sp³-hybridized carbons (Fsp3) is 0.515. The molecule has 3 amide bonds. The van der Waals surface area contributed by atoms with Crippen molar-refractivity contribution in [1.29, 1.82) is 0 Å². The molecule has 0 aromatic rings. The van der Waals surface area contributed by atoms with Gasteiger partial charge < -0.3 is 30.2 Å². The van der Waals surface area contributed by atoms with Gasteiger partial charge in [-0.3, -0.25) is 9.59 Å². The van der Waals surface area contributed by atoms with Gasteiger partial charge in [-0.05, 0) is 31.5 Å². The fourth-order valence-electron chi connectivity index (χ4n) is 3.63. The maximum atomic E-state index is 12.9. The summed E-state index contributed by atoms with van der Waals surface area (Å²) in [6.07, 6.45) is 15.7. The Bertz CT molecular complexity index is 1130. The second-order valence-corrected chi connectivity index (χ2v) is 11.3. The highest BCUT2D eigenvalue weighted by Crippen LogP contribution is 2.20. The predicted octanol–water partition coefficient (Wildman–Crippen LogP) is 6.12. The number of amides is 3. The van der Waals surface area contributed by atoms with E-state index in [1.54, 1.807) is 37.3 Å². The Hall–Kier alpha value is -3.79. The third-order valence-electron chi connectivity index (χ3n) is 5.98. The number of hydrogen-bond acceptors (Lipinski definition) is 7. The zero-order valence-corrected chi connectivity index (χ0v) is 28.2. The van der Waals surface area contributed by atoms with Crippen molar-refractivity contribution < 1.29 is 33.4 Å². The van der Waals surface area contributed by atoms with E-state index in [1.807, 2.05) is 53.7 Å². The van der Waals surface area contributed by atoms with Crippen molar-refractivity contribution in [1.82, 2.24) is 16.0 Å². The number of carbonyl (C=O) groups excluding carboxylic acids is 4. The normalized spacial score (nSPS) is 17.3. The third kappa shape index (κ3) is 17.4. The van der Waals surface area contributed by atoms with E-state index in [4.69, 9.17) is 25.8 Å². The number of cyclic esters (lactones) is 1. The molecule has 11 heteroatoms. The van der Waals surface area contributed by atoms with Crippen molar-refractivity contribution in [2.45, 2.75) is 92.4 Å². The lowest BCUT2D eigenvalue weighted by Crippen LogP contribution is -2.52. The minimum Gasteiger partial charge on any atom is -0.490 e. The van der Waals surface area contributed by atoms with Crippen LogP contribution < -0.4 is 16.0 Å². The van der Waals surface area contributed by atoms with E-state index < -0.39 is 35.5 Å². The molecule has 0 aromatic heterocycles. The van der Waals surface area contributed by atoms with Gasteiger partial charge in [0.25, 0.3) is 0 Å². The summed E-state index contributed by atoms with van der Waals surface area (Å²) in [5, 5.41) is 8.44. The average Bonchev–Trinajstić information content (AvgIpc) is 2.97. The molecule has 3 N–H and O–H groups in total. The van der Waals surface area contributed by atoms with Crippen molar-refractivity contribution in [2.24, 2.45) is 5.41 Å². The summed E-state index contributed by atoms with van der Waals surface area (Å²) >= 11 is 5.89. The van der Waals surface area contributed by atoms with Crippen LogP contribution in [0.15, 0.2) is 71.2 Å². The Balaban J connectivity index is 0.00000904. The highest BCUT2D eigenvalue weighted by atomic mass is 35.5. The number of nitrogens with one attached hydrogen (secondary N) is 3. The van der Waals surface area contributed by atoms with Crippen LogP contribution in [-0.4, -0.2) is 56.3 Å². The van der Waals surface area contributed by atoms with Gasteiger partial charge in [-0.2, -0.15) is 0 Å². The third-order valence-corrected chi connectivity index (χ3v) is 6.13. The molecule has 10 nitrogen and oxygen atoms in total. The number of carbonyl (C=O) groups is 4. The summed E-state index contributed by atoms with van der Waals surface area (Å²) in [5.74, 6) is -1.04. The van der Waals surface area contributed by atoms with Gasteiger partial charge in [0.1, 0.15) is 18.2 Å². The van der Waals surface area contributed by atoms with Crippen molar-refractivity contribution in [3.8, 4) is 0 Å². The number of allylic oxidation sites excluding steroid dienone is 5. The molecular weight excluding hydrogens is 586 g/mol. The van der Waals surface area contributed by atoms with Gasteiger partial charge in [-0.1, -0.05) is 88.2 Å². The molecule has 1 rings (SSSR count). The molecule has 0 aliphatic carbocycles. The summed E-state index contributed by atoms with van der Waals surface area (Å²) in [5.41, 5.74) is 0.374. The van der Waals surface area contributed by atoms with E-state index in [2.05, 4.69) is 16.0 Å². The molecule has 0 aromatic carbocycles. The zero-order valence-electron chi connectivity index (χ0n) is 27.5. The molecule has 0 saturated carbocycles. The maximum Gasteiger partial charge on any atom is 0.407 e. The van der Waals surface area contributed by atoms with Crippen LogP contribution in [0.4, 0.5) is 4.79 Å². The summed E-state index contributed by atoms with van der Waals surface area (Å²) in [6.45, 7) is 13.2. The van der Waals surface area contributed by atoms with Crippen molar-refractivity contribution >= 4 is 35.5 Å².